The second-order valence-corrected chi connectivity index (χ2v) is 24.0. The van der Waals surface area contributed by atoms with Crippen LogP contribution >= 0.6 is 0 Å². The maximum Gasteiger partial charge on any atom is 0.187 e. The number of rotatable bonds is 22. The van der Waals surface area contributed by atoms with Gasteiger partial charge < -0.3 is 213 Å². The predicted octanol–water partition coefficient (Wildman–Crippen LogP) is -18.7. The third-order valence-electron chi connectivity index (χ3n) is 17.5. The van der Waals surface area contributed by atoms with Gasteiger partial charge in [-0.3, -0.25) is 0 Å². The van der Waals surface area contributed by atoms with Crippen LogP contribution in [-0.4, -0.2) is 450 Å². The van der Waals surface area contributed by atoms with E-state index in [4.69, 9.17) is 80.5 Å². The molecule has 9 saturated heterocycles. The Morgan fingerprint density at radius 2 is 0.500 bits per heavy atom. The minimum Gasteiger partial charge on any atom is -0.394 e. The highest BCUT2D eigenvalue weighted by Crippen LogP contribution is 2.38. The van der Waals surface area contributed by atoms with Gasteiger partial charge in [-0.25, -0.2) is 0 Å². The van der Waals surface area contributed by atoms with E-state index >= 15 is 0 Å². The van der Waals surface area contributed by atoms with Crippen molar-refractivity contribution in [3.63, 3.8) is 0 Å². The first kappa shape index (κ1) is 76.5. The summed E-state index contributed by atoms with van der Waals surface area (Å²) in [7, 11) is 0. The van der Waals surface area contributed by atoms with Crippen molar-refractivity contribution < 1.29 is 213 Å². The molecule has 42 atom stereocenters. The molecule has 9 aliphatic heterocycles. The van der Waals surface area contributed by atoms with Crippen LogP contribution in [0.2, 0.25) is 0 Å². The van der Waals surface area contributed by atoms with Crippen molar-refractivity contribution in [3.8, 4) is 0 Å². The summed E-state index contributed by atoms with van der Waals surface area (Å²) in [6.07, 6.45) is -84.5. The summed E-state index contributed by atoms with van der Waals surface area (Å²) in [5.41, 5.74) is 0. The molecule has 0 amide bonds. The molecule has 9 fully saturated rings. The molecule has 9 rings (SSSR count). The highest BCUT2D eigenvalue weighted by atomic mass is 16.8. The molecule has 9 heterocycles. The van der Waals surface area contributed by atoms with E-state index in [9.17, 15) is 133 Å². The van der Waals surface area contributed by atoms with Gasteiger partial charge in [0.1, 0.15) is 201 Å². The van der Waals surface area contributed by atoms with Gasteiger partial charge in [-0.15, -0.1) is 0 Å². The van der Waals surface area contributed by atoms with Crippen LogP contribution in [0.15, 0.2) is 0 Å². The predicted molar refractivity (Wildman–Crippen MR) is 279 cm³/mol. The average Bonchev–Trinajstić information content (AvgIpc) is 0.784. The molecule has 43 nitrogen and oxygen atoms in total. The van der Waals surface area contributed by atoms with E-state index in [0.29, 0.717) is 0 Å². The maximum atomic E-state index is 12.1. The molecular formula is C51H86O43. The summed E-state index contributed by atoms with van der Waals surface area (Å²) in [4.78, 5) is 0. The van der Waals surface area contributed by atoms with E-state index in [1.807, 2.05) is 0 Å². The van der Waals surface area contributed by atoms with Gasteiger partial charge >= 0.3 is 0 Å². The largest absolute Gasteiger partial charge is 0.394 e. The lowest BCUT2D eigenvalue weighted by Gasteiger charge is -2.49. The van der Waals surface area contributed by atoms with Crippen LogP contribution < -0.4 is 0 Å². The summed E-state index contributed by atoms with van der Waals surface area (Å²) in [5.74, 6) is 0. The summed E-state index contributed by atoms with van der Waals surface area (Å²) in [6.45, 7) is -7.83. The van der Waals surface area contributed by atoms with Crippen LogP contribution in [-0.2, 0) is 80.5 Å². The van der Waals surface area contributed by atoms with Gasteiger partial charge in [0.2, 0.25) is 0 Å². The SMILES string of the molecule is OCC1O[C@@H](OC2[C@@H](OC[C@@H]3O[C@@H](O[C@@H]4C(CO[C@H]5OC[C@@H](O)[C@H](O)C5O[C@@H]5OC(CO)[C@H](O)[C@H](O)C5O)O[C@@H](O[C@H]5C(O)C(O)C(O)O[C@H]5CO)C(O)[C@H]4O)C(O)C(O)[C@@H]3O[C@@H]3OC(CO[C@H]4OC[C@@H](O)[C@H](O)C4O)[C@@H](O)[C@H](O)C3O)OC[C@@H](O)[C@@H]2O)C(O)[C@@H](O)[C@H]1O. The van der Waals surface area contributed by atoms with Gasteiger partial charge in [-0.05, 0) is 0 Å². The van der Waals surface area contributed by atoms with Crippen LogP contribution in [0, 0.1) is 0 Å². The molecular weight excluding hydrogens is 1300 g/mol. The fourth-order valence-corrected chi connectivity index (χ4v) is 11.8. The first-order chi connectivity index (χ1) is 44.5. The molecule has 0 saturated carbocycles. The fraction of sp³-hybridized carbons (Fsp3) is 1.00. The third-order valence-corrected chi connectivity index (χ3v) is 17.5. The molecule has 0 spiro atoms. The van der Waals surface area contributed by atoms with Crippen LogP contribution in [0.1, 0.15) is 0 Å². The Bertz CT molecular complexity index is 2290. The Kier molecular flexibility index (Phi) is 26.8. The quantitative estimate of drug-likeness (QED) is 0.0479. The van der Waals surface area contributed by atoms with Crippen molar-refractivity contribution in [1.82, 2.24) is 0 Å². The Labute approximate surface area is 530 Å². The molecule has 548 valence electrons. The van der Waals surface area contributed by atoms with Crippen molar-refractivity contribution in [2.24, 2.45) is 0 Å². The monoisotopic (exact) mass is 1390 g/mol. The lowest BCUT2D eigenvalue weighted by Crippen LogP contribution is -2.68. The standard InChI is InChI=1S/C51H86O43/c52-1-13-22(61)25(64)33(72)45(85-13)93-41-20(59)11(56)5-79-50(41)82-8-17-39(91-47-35(74)27(66)24(63)16(87-47)7-81-44-32(71)19(58)10(55)4-78-44)30(69)37(76)49(89-17)92-40-18(88-48(36(75)29(40)68)90-38-15(3-54)84-43(77)31(70)28(38)67)9-83-51-42(21(60)12(57)6-80-51)94-46-34(73)26(65)23(62)14(2-53)86-46/h10-77H,1-9H2/t10-,11-,12-,13?,14?,15+,16?,17+,18?,19+,20+,21+,22+,23+,24-,25+,26+,27+,28?,29-,30?,31?,32?,33?,34?,35?,36?,37?,38-,39-,40-,41?,42?,43?,44-,45+,46+,47+,48+,49+,50-,51-/m1/s1. The van der Waals surface area contributed by atoms with Crippen molar-refractivity contribution in [1.29, 1.82) is 0 Å². The second kappa shape index (κ2) is 32.9. The number of hydrogen-bond acceptors (Lipinski definition) is 43. The molecule has 0 aliphatic carbocycles. The Balaban J connectivity index is 1.00. The molecule has 0 aromatic rings. The molecule has 0 aromatic carbocycles. The van der Waals surface area contributed by atoms with E-state index in [2.05, 4.69) is 0 Å². The van der Waals surface area contributed by atoms with Gasteiger partial charge in [0, 0.05) is 0 Å². The van der Waals surface area contributed by atoms with E-state index in [0.717, 1.165) is 0 Å². The van der Waals surface area contributed by atoms with Gasteiger partial charge in [0.25, 0.3) is 0 Å². The van der Waals surface area contributed by atoms with Gasteiger partial charge in [-0.2, -0.15) is 0 Å². The van der Waals surface area contributed by atoms with Crippen LogP contribution in [0.25, 0.3) is 0 Å². The second-order valence-electron chi connectivity index (χ2n) is 24.0. The highest BCUT2D eigenvalue weighted by molar-refractivity contribution is 5.00. The van der Waals surface area contributed by atoms with Crippen LogP contribution in [0.5, 0.6) is 0 Å². The smallest absolute Gasteiger partial charge is 0.187 e. The van der Waals surface area contributed by atoms with Crippen molar-refractivity contribution in [2.45, 2.75) is 258 Å². The highest BCUT2D eigenvalue weighted by Gasteiger charge is 2.58. The van der Waals surface area contributed by atoms with Crippen molar-refractivity contribution in [2.75, 3.05) is 59.5 Å². The average molecular weight is 1390 g/mol. The number of aliphatic hydroxyl groups is 26. The van der Waals surface area contributed by atoms with Crippen molar-refractivity contribution >= 4 is 0 Å². The normalized spacial score (nSPS) is 53.9. The minimum atomic E-state index is -2.48. The van der Waals surface area contributed by atoms with Crippen molar-refractivity contribution in [3.05, 3.63) is 0 Å². The lowest BCUT2D eigenvalue weighted by molar-refractivity contribution is -0.397. The molecule has 0 radical (unpaired) electrons. The van der Waals surface area contributed by atoms with E-state index < -0.39 is 318 Å². The minimum absolute atomic E-state index is 0.534. The zero-order valence-corrected chi connectivity index (χ0v) is 49.2. The zero-order chi connectivity index (χ0) is 68.6. The summed E-state index contributed by atoms with van der Waals surface area (Å²) in [6, 6.07) is 0. The Morgan fingerprint density at radius 3 is 0.894 bits per heavy atom. The molecule has 9 aliphatic rings. The maximum absolute atomic E-state index is 12.1. The van der Waals surface area contributed by atoms with Gasteiger partial charge in [0.05, 0.1) is 59.5 Å². The molecule has 16 unspecified atom stereocenters. The Hall–Kier alpha value is -1.72. The number of ether oxygens (including phenoxy) is 17. The molecule has 43 heteroatoms. The van der Waals surface area contributed by atoms with E-state index in [-0.39, 0.29) is 0 Å². The topological polar surface area (TPSA) is 683 Å². The van der Waals surface area contributed by atoms with Gasteiger partial charge in [0.15, 0.2) is 56.6 Å². The summed E-state index contributed by atoms with van der Waals surface area (Å²) >= 11 is 0. The Morgan fingerprint density at radius 1 is 0.223 bits per heavy atom. The first-order valence-corrected chi connectivity index (χ1v) is 29.9. The number of hydrogen-bond donors (Lipinski definition) is 26. The summed E-state index contributed by atoms with van der Waals surface area (Å²) < 4.78 is 97.1. The molecule has 0 bridgehead atoms. The molecule has 0 aromatic heterocycles. The lowest BCUT2D eigenvalue weighted by atomic mass is 9.95. The summed E-state index contributed by atoms with van der Waals surface area (Å²) in [5, 5.41) is 280. The number of aliphatic hydroxyl groups excluding tert-OH is 26. The zero-order valence-electron chi connectivity index (χ0n) is 49.2. The van der Waals surface area contributed by atoms with E-state index in [1.165, 1.54) is 0 Å². The third kappa shape index (κ3) is 16.3. The van der Waals surface area contributed by atoms with Gasteiger partial charge in [-0.1, -0.05) is 0 Å². The molecule has 26 N–H and O–H groups in total. The fourth-order valence-electron chi connectivity index (χ4n) is 11.8. The molecule has 94 heavy (non-hydrogen) atoms. The van der Waals surface area contributed by atoms with Crippen LogP contribution in [0.4, 0.5) is 0 Å². The first-order valence-electron chi connectivity index (χ1n) is 29.9. The van der Waals surface area contributed by atoms with E-state index in [1.54, 1.807) is 0 Å². The van der Waals surface area contributed by atoms with Crippen LogP contribution in [0.3, 0.4) is 0 Å².